The zero-order valence-corrected chi connectivity index (χ0v) is 16.5. The number of methoxy groups -OCH3 is 1. The number of hydrogen-bond acceptors (Lipinski definition) is 6. The van der Waals surface area contributed by atoms with Crippen molar-refractivity contribution in [3.63, 3.8) is 0 Å². The van der Waals surface area contributed by atoms with Gasteiger partial charge in [-0.1, -0.05) is 29.9 Å². The minimum atomic E-state index is -1.54. The molecule has 27 heavy (non-hydrogen) atoms. The number of esters is 1. The van der Waals surface area contributed by atoms with Crippen LogP contribution in [-0.4, -0.2) is 41.8 Å². The fraction of sp³-hybridized carbons (Fsp3) is 0.476. The summed E-state index contributed by atoms with van der Waals surface area (Å²) in [7, 11) is 1.34. The molecule has 0 aliphatic carbocycles. The van der Waals surface area contributed by atoms with Crippen LogP contribution in [0.5, 0.6) is 0 Å². The summed E-state index contributed by atoms with van der Waals surface area (Å²) < 4.78 is 9.86. The van der Waals surface area contributed by atoms with Crippen LogP contribution < -0.4 is 0 Å². The molecule has 1 heterocycles. The molecular weight excluding hydrogens is 346 g/mol. The molecule has 0 unspecified atom stereocenters. The van der Waals surface area contributed by atoms with Gasteiger partial charge in [-0.3, -0.25) is 4.79 Å². The third kappa shape index (κ3) is 5.75. The second kappa shape index (κ2) is 10.0. The van der Waals surface area contributed by atoms with E-state index in [2.05, 4.69) is 0 Å². The van der Waals surface area contributed by atoms with Crippen molar-refractivity contribution in [2.75, 3.05) is 7.11 Å². The van der Waals surface area contributed by atoms with Crippen LogP contribution in [0.1, 0.15) is 40.5 Å². The van der Waals surface area contributed by atoms with Crippen molar-refractivity contribution < 1.29 is 24.2 Å². The number of carbonyl (C=O) groups is 2. The molecular formula is C21H27NO5. The molecule has 146 valence electrons. The zero-order valence-electron chi connectivity index (χ0n) is 16.5. The van der Waals surface area contributed by atoms with E-state index in [1.54, 1.807) is 32.1 Å². The lowest BCUT2D eigenvalue weighted by molar-refractivity contribution is -0.135. The predicted octanol–water partition coefficient (Wildman–Crippen LogP) is 2.95. The number of aliphatic hydroxyl groups is 1. The second-order valence-electron chi connectivity index (χ2n) is 6.45. The van der Waals surface area contributed by atoms with Gasteiger partial charge in [-0.05, 0) is 52.2 Å². The molecule has 0 aromatic heterocycles. The number of ketones is 1. The number of allylic oxidation sites excluding steroid dienone is 5. The van der Waals surface area contributed by atoms with Crippen molar-refractivity contribution in [2.24, 2.45) is 0 Å². The molecule has 0 saturated carbocycles. The van der Waals surface area contributed by atoms with E-state index in [-0.39, 0.29) is 5.97 Å². The number of Topliss-reactive ketones (excluding diaryl/α,β-unsaturated/α-hetero) is 1. The summed E-state index contributed by atoms with van der Waals surface area (Å²) in [5, 5.41) is 18.7. The fourth-order valence-electron chi connectivity index (χ4n) is 2.65. The molecule has 6 heteroatoms. The maximum atomic E-state index is 12.4. The Morgan fingerprint density at radius 2 is 2.04 bits per heavy atom. The summed E-state index contributed by atoms with van der Waals surface area (Å²) in [5.74, 6) is -0.779. The molecule has 1 N–H and O–H groups in total. The smallest absolute Gasteiger partial charge is 0.337 e. The number of ether oxygens (including phenoxy) is 2. The summed E-state index contributed by atoms with van der Waals surface area (Å²) in [6.45, 7) is 6.79. The molecule has 1 aliphatic heterocycles. The largest absolute Gasteiger partial charge is 0.465 e. The highest BCUT2D eigenvalue weighted by molar-refractivity contribution is 6.06. The van der Waals surface area contributed by atoms with E-state index in [0.29, 0.717) is 24.0 Å². The minimum Gasteiger partial charge on any atom is -0.465 e. The third-order valence-electron chi connectivity index (χ3n) is 4.24. The lowest BCUT2D eigenvalue weighted by Crippen LogP contribution is -2.30. The molecule has 1 fully saturated rings. The van der Waals surface area contributed by atoms with Crippen molar-refractivity contribution in [1.82, 2.24) is 0 Å². The van der Waals surface area contributed by atoms with Gasteiger partial charge in [-0.15, -0.1) is 0 Å². The molecule has 0 bridgehead atoms. The number of aliphatic hydroxyl groups excluding tert-OH is 1. The summed E-state index contributed by atoms with van der Waals surface area (Å²) in [4.78, 5) is 23.9. The van der Waals surface area contributed by atoms with Crippen LogP contribution >= 0.6 is 0 Å². The Balaban J connectivity index is 2.60. The SMILES string of the molecule is C\C=C(/C=C(C)/C=C/CC/C=C(\C)C(=O)[C@]1(C#N)O[C@H]1[C@H](C)O)C(=O)OC. The van der Waals surface area contributed by atoms with Crippen LogP contribution in [0.4, 0.5) is 0 Å². The average Bonchev–Trinajstić information content (AvgIpc) is 3.40. The molecule has 0 radical (unpaired) electrons. The van der Waals surface area contributed by atoms with E-state index in [1.165, 1.54) is 14.0 Å². The van der Waals surface area contributed by atoms with Crippen LogP contribution in [0.25, 0.3) is 0 Å². The molecule has 1 aliphatic rings. The normalized spacial score (nSPS) is 24.5. The fourth-order valence-corrected chi connectivity index (χ4v) is 2.65. The molecule has 1 saturated heterocycles. The van der Waals surface area contributed by atoms with E-state index < -0.39 is 23.6 Å². The Kier molecular flexibility index (Phi) is 8.35. The van der Waals surface area contributed by atoms with E-state index in [0.717, 1.165) is 5.57 Å². The molecule has 0 spiro atoms. The van der Waals surface area contributed by atoms with E-state index >= 15 is 0 Å². The van der Waals surface area contributed by atoms with Crippen molar-refractivity contribution in [2.45, 2.75) is 58.3 Å². The first-order chi connectivity index (χ1) is 12.7. The first-order valence-corrected chi connectivity index (χ1v) is 8.81. The van der Waals surface area contributed by atoms with Crippen LogP contribution in [-0.2, 0) is 19.1 Å². The molecule has 0 aromatic rings. The highest BCUT2D eigenvalue weighted by atomic mass is 16.6. The Hall–Kier alpha value is -2.49. The lowest BCUT2D eigenvalue weighted by Gasteiger charge is -2.05. The molecule has 6 nitrogen and oxygen atoms in total. The van der Waals surface area contributed by atoms with Crippen molar-refractivity contribution in [1.29, 1.82) is 5.26 Å². The number of nitriles is 1. The Bertz CT molecular complexity index is 736. The highest BCUT2D eigenvalue weighted by Gasteiger charge is 2.65. The Morgan fingerprint density at radius 1 is 1.37 bits per heavy atom. The standard InChI is InChI=1S/C21H27NO5/c1-6-17(20(25)26-5)12-14(2)10-8-7-9-11-15(3)18(24)21(13-22)19(27-21)16(4)23/h6,8,10-12,16,19,23H,7,9H2,1-5H3/b10-8+,14-12+,15-11+,17-6+/t16-,19-,21-/m0/s1. The van der Waals surface area contributed by atoms with Gasteiger partial charge < -0.3 is 14.6 Å². The van der Waals surface area contributed by atoms with Crippen LogP contribution in [0.3, 0.4) is 0 Å². The molecule has 3 atom stereocenters. The van der Waals surface area contributed by atoms with Gasteiger partial charge >= 0.3 is 5.97 Å². The van der Waals surface area contributed by atoms with Gasteiger partial charge in [0.2, 0.25) is 11.4 Å². The minimum absolute atomic E-state index is 0.383. The number of unbranched alkanes of at least 4 members (excludes halogenated alkanes) is 1. The zero-order chi connectivity index (χ0) is 20.6. The van der Waals surface area contributed by atoms with Gasteiger partial charge in [0, 0.05) is 0 Å². The lowest BCUT2D eigenvalue weighted by atomic mass is 9.93. The van der Waals surface area contributed by atoms with E-state index in [9.17, 15) is 20.0 Å². The van der Waals surface area contributed by atoms with Gasteiger partial charge in [-0.25, -0.2) is 4.79 Å². The van der Waals surface area contributed by atoms with Gasteiger partial charge in [0.05, 0.1) is 18.8 Å². The van der Waals surface area contributed by atoms with Crippen LogP contribution in [0.15, 0.2) is 47.1 Å². The topological polar surface area (TPSA) is 99.9 Å². The molecule has 0 amide bonds. The van der Waals surface area contributed by atoms with E-state index in [4.69, 9.17) is 9.47 Å². The maximum absolute atomic E-state index is 12.4. The van der Waals surface area contributed by atoms with Gasteiger partial charge in [0.25, 0.3) is 0 Å². The van der Waals surface area contributed by atoms with Gasteiger partial charge in [0.15, 0.2) is 0 Å². The Labute approximate surface area is 160 Å². The second-order valence-corrected chi connectivity index (χ2v) is 6.45. The summed E-state index contributed by atoms with van der Waals surface area (Å²) in [6, 6.07) is 1.88. The van der Waals surface area contributed by atoms with Crippen LogP contribution in [0, 0.1) is 11.3 Å². The first-order valence-electron chi connectivity index (χ1n) is 8.81. The summed E-state index contributed by atoms with van der Waals surface area (Å²) in [6.07, 6.45) is 8.70. The number of hydrogen-bond donors (Lipinski definition) is 1. The van der Waals surface area contributed by atoms with Gasteiger partial charge in [-0.2, -0.15) is 5.26 Å². The highest BCUT2D eigenvalue weighted by Crippen LogP contribution is 2.41. The monoisotopic (exact) mass is 373 g/mol. The van der Waals surface area contributed by atoms with Crippen molar-refractivity contribution in [3.05, 3.63) is 47.1 Å². The van der Waals surface area contributed by atoms with Crippen LogP contribution in [0.2, 0.25) is 0 Å². The van der Waals surface area contributed by atoms with E-state index in [1.807, 2.05) is 25.1 Å². The maximum Gasteiger partial charge on any atom is 0.337 e. The summed E-state index contributed by atoms with van der Waals surface area (Å²) in [5.41, 5.74) is 0.294. The number of epoxide rings is 1. The first kappa shape index (κ1) is 22.6. The predicted molar refractivity (Wildman–Crippen MR) is 102 cm³/mol. The molecule has 1 rings (SSSR count). The number of rotatable bonds is 9. The number of nitrogens with zero attached hydrogens (tertiary/aromatic N) is 1. The van der Waals surface area contributed by atoms with Crippen molar-refractivity contribution >= 4 is 11.8 Å². The molecule has 0 aromatic carbocycles. The van der Waals surface area contributed by atoms with Crippen molar-refractivity contribution in [3.8, 4) is 6.07 Å². The Morgan fingerprint density at radius 3 is 2.52 bits per heavy atom. The average molecular weight is 373 g/mol. The third-order valence-corrected chi connectivity index (χ3v) is 4.24. The van der Waals surface area contributed by atoms with Gasteiger partial charge in [0.1, 0.15) is 12.2 Å². The summed E-state index contributed by atoms with van der Waals surface area (Å²) >= 11 is 0. The number of carbonyl (C=O) groups excluding carboxylic acids is 2. The quantitative estimate of drug-likeness (QED) is 0.219.